The number of fused-ring (bicyclic) bond motifs is 2. The van der Waals surface area contributed by atoms with Crippen molar-refractivity contribution in [1.82, 2.24) is 24.3 Å². The fourth-order valence-corrected chi connectivity index (χ4v) is 5.66. The Kier molecular flexibility index (Phi) is 4.56. The highest BCUT2D eigenvalue weighted by Crippen LogP contribution is 2.40. The van der Waals surface area contributed by atoms with E-state index in [1.165, 1.54) is 25.7 Å². The highest BCUT2D eigenvalue weighted by Gasteiger charge is 2.42. The average Bonchev–Trinajstić information content (AvgIpc) is 3.45. The summed E-state index contributed by atoms with van der Waals surface area (Å²) in [5.41, 5.74) is 2.27. The van der Waals surface area contributed by atoms with Crippen molar-refractivity contribution in [3.8, 4) is 0 Å². The van der Waals surface area contributed by atoms with Gasteiger partial charge in [0.2, 0.25) is 5.91 Å². The molecule has 29 heavy (non-hydrogen) atoms. The van der Waals surface area contributed by atoms with Crippen LogP contribution in [0.5, 0.6) is 0 Å². The van der Waals surface area contributed by atoms with E-state index in [0.29, 0.717) is 29.9 Å². The van der Waals surface area contributed by atoms with E-state index in [9.17, 15) is 9.59 Å². The molecule has 2 saturated carbocycles. The smallest absolute Gasteiger partial charge is 0.255 e. The van der Waals surface area contributed by atoms with Crippen molar-refractivity contribution in [2.75, 3.05) is 20.6 Å². The first kappa shape index (κ1) is 18.6. The van der Waals surface area contributed by atoms with Crippen LogP contribution in [0.3, 0.4) is 0 Å². The lowest BCUT2D eigenvalue weighted by molar-refractivity contribution is -0.134. The van der Waals surface area contributed by atoms with Gasteiger partial charge >= 0.3 is 0 Å². The molecule has 0 unspecified atom stereocenters. The molecule has 0 radical (unpaired) electrons. The molecule has 3 heterocycles. The maximum Gasteiger partial charge on any atom is 0.255 e. The summed E-state index contributed by atoms with van der Waals surface area (Å²) in [5, 5.41) is 0. The van der Waals surface area contributed by atoms with E-state index in [-0.39, 0.29) is 17.9 Å². The molecule has 3 aliphatic rings. The quantitative estimate of drug-likeness (QED) is 0.801. The highest BCUT2D eigenvalue weighted by atomic mass is 16.2. The van der Waals surface area contributed by atoms with E-state index < -0.39 is 0 Å². The van der Waals surface area contributed by atoms with Crippen molar-refractivity contribution in [2.24, 2.45) is 11.8 Å². The van der Waals surface area contributed by atoms with Gasteiger partial charge in [-0.25, -0.2) is 9.97 Å². The van der Waals surface area contributed by atoms with Crippen LogP contribution in [0.2, 0.25) is 0 Å². The lowest BCUT2D eigenvalue weighted by Gasteiger charge is -2.31. The third-order valence-corrected chi connectivity index (χ3v) is 7.43. The first-order chi connectivity index (χ1) is 14.0. The second kappa shape index (κ2) is 7.11. The number of pyridine rings is 1. The Morgan fingerprint density at radius 1 is 1.17 bits per heavy atom. The molecule has 2 aromatic heterocycles. The van der Waals surface area contributed by atoms with Gasteiger partial charge in [0.15, 0.2) is 5.65 Å². The molecular formula is C22H29N5O2. The number of piperidine rings is 1. The van der Waals surface area contributed by atoms with E-state index in [4.69, 9.17) is 0 Å². The van der Waals surface area contributed by atoms with Crippen LogP contribution in [0.4, 0.5) is 0 Å². The minimum atomic E-state index is -0.00172. The highest BCUT2D eigenvalue weighted by molar-refractivity contribution is 5.96. The number of hydrogen-bond acceptors (Lipinski definition) is 4. The third kappa shape index (κ3) is 3.20. The fourth-order valence-electron chi connectivity index (χ4n) is 5.66. The Bertz CT molecular complexity index is 948. The summed E-state index contributed by atoms with van der Waals surface area (Å²) in [5.74, 6) is 1.13. The number of likely N-dealkylation sites (tertiary alicyclic amines) is 1. The normalized spacial score (nSPS) is 27.6. The molecule has 2 amide bonds. The maximum atomic E-state index is 13.1. The molecule has 0 N–H and O–H groups in total. The summed E-state index contributed by atoms with van der Waals surface area (Å²) in [6, 6.07) is 2.55. The molecule has 3 fully saturated rings. The van der Waals surface area contributed by atoms with E-state index >= 15 is 0 Å². The molecule has 2 aromatic rings. The van der Waals surface area contributed by atoms with Gasteiger partial charge in [-0.05, 0) is 43.6 Å². The van der Waals surface area contributed by atoms with Crippen molar-refractivity contribution in [3.63, 3.8) is 0 Å². The van der Waals surface area contributed by atoms with Crippen LogP contribution >= 0.6 is 0 Å². The van der Waals surface area contributed by atoms with Crippen molar-refractivity contribution >= 4 is 23.0 Å². The van der Waals surface area contributed by atoms with Gasteiger partial charge in [0, 0.05) is 45.3 Å². The molecule has 1 aliphatic heterocycles. The van der Waals surface area contributed by atoms with Gasteiger partial charge in [0.25, 0.3) is 5.91 Å². The van der Waals surface area contributed by atoms with Gasteiger partial charge in [-0.3, -0.25) is 9.59 Å². The van der Waals surface area contributed by atoms with Crippen LogP contribution in [0.1, 0.15) is 61.3 Å². The zero-order valence-electron chi connectivity index (χ0n) is 17.3. The molecule has 5 rings (SSSR count). The summed E-state index contributed by atoms with van der Waals surface area (Å²) in [4.78, 5) is 38.0. The predicted octanol–water partition coefficient (Wildman–Crippen LogP) is 2.88. The third-order valence-electron chi connectivity index (χ3n) is 7.43. The Balaban J connectivity index is 1.32. The number of aromatic nitrogens is 3. The number of hydrogen-bond donors (Lipinski definition) is 0. The Hall–Kier alpha value is -2.44. The zero-order valence-corrected chi connectivity index (χ0v) is 17.3. The van der Waals surface area contributed by atoms with Crippen LogP contribution in [-0.4, -0.2) is 62.8 Å². The molecule has 0 bridgehead atoms. The minimum Gasteiger partial charge on any atom is -0.345 e. The van der Waals surface area contributed by atoms with Crippen molar-refractivity contribution in [3.05, 3.63) is 24.2 Å². The molecule has 0 aromatic carbocycles. The first-order valence-electron chi connectivity index (χ1n) is 10.8. The largest absolute Gasteiger partial charge is 0.345 e. The standard InChI is InChI=1S/C22H29N5O2/c1-25-12-16-8-18(7-14(16)10-20(25)28)26(2)22(29)15-9-19-21(23-11-15)27(13-24-19)17-5-3-4-6-17/h9,11,13-14,16-18H,3-8,10,12H2,1-2H3/t14-,16+,18-/m0/s1. The van der Waals surface area contributed by atoms with Crippen LogP contribution in [0, 0.1) is 11.8 Å². The minimum absolute atomic E-state index is 0.00172. The predicted molar refractivity (Wildman–Crippen MR) is 109 cm³/mol. The number of amides is 2. The molecule has 3 atom stereocenters. The summed E-state index contributed by atoms with van der Waals surface area (Å²) in [7, 11) is 3.77. The number of rotatable bonds is 3. The monoisotopic (exact) mass is 395 g/mol. The summed E-state index contributed by atoms with van der Waals surface area (Å²) in [6.07, 6.45) is 11.0. The zero-order chi connectivity index (χ0) is 20.1. The number of carbonyl (C=O) groups excluding carboxylic acids is 2. The van der Waals surface area contributed by atoms with Crippen LogP contribution in [-0.2, 0) is 4.79 Å². The summed E-state index contributed by atoms with van der Waals surface area (Å²) in [6.45, 7) is 0.814. The number of carbonyl (C=O) groups is 2. The molecule has 7 nitrogen and oxygen atoms in total. The van der Waals surface area contributed by atoms with E-state index in [1.807, 2.05) is 36.3 Å². The van der Waals surface area contributed by atoms with Gasteiger partial charge in [-0.1, -0.05) is 12.8 Å². The van der Waals surface area contributed by atoms with Crippen molar-refractivity contribution in [1.29, 1.82) is 0 Å². The first-order valence-corrected chi connectivity index (χ1v) is 10.8. The van der Waals surface area contributed by atoms with Crippen LogP contribution in [0.25, 0.3) is 11.2 Å². The Labute approximate surface area is 171 Å². The molecule has 7 heteroatoms. The summed E-state index contributed by atoms with van der Waals surface area (Å²) >= 11 is 0. The second-order valence-electron chi connectivity index (χ2n) is 9.20. The molecule has 0 spiro atoms. The van der Waals surface area contributed by atoms with Crippen molar-refractivity contribution < 1.29 is 9.59 Å². The molecule has 2 aliphatic carbocycles. The lowest BCUT2D eigenvalue weighted by Crippen LogP contribution is -2.39. The van der Waals surface area contributed by atoms with Crippen LogP contribution in [0.15, 0.2) is 18.6 Å². The molecule has 154 valence electrons. The number of nitrogens with zero attached hydrogens (tertiary/aromatic N) is 5. The SMILES string of the molecule is CN1C[C@H]2C[C@@H](N(C)C(=O)c3cnc4c(c3)ncn4C3CCCC3)C[C@H]2CC1=O. The van der Waals surface area contributed by atoms with Gasteiger partial charge in [0.05, 0.1) is 11.9 Å². The van der Waals surface area contributed by atoms with Gasteiger partial charge < -0.3 is 14.4 Å². The number of imidazole rings is 1. The van der Waals surface area contributed by atoms with E-state index in [0.717, 1.165) is 30.6 Å². The van der Waals surface area contributed by atoms with E-state index in [2.05, 4.69) is 14.5 Å². The van der Waals surface area contributed by atoms with E-state index in [1.54, 1.807) is 6.20 Å². The lowest BCUT2D eigenvalue weighted by atomic mass is 9.88. The average molecular weight is 396 g/mol. The van der Waals surface area contributed by atoms with Crippen LogP contribution < -0.4 is 0 Å². The van der Waals surface area contributed by atoms with Gasteiger partial charge in [0.1, 0.15) is 5.52 Å². The van der Waals surface area contributed by atoms with Crippen molar-refractivity contribution in [2.45, 2.75) is 57.0 Å². The molecular weight excluding hydrogens is 366 g/mol. The Morgan fingerprint density at radius 3 is 2.72 bits per heavy atom. The Morgan fingerprint density at radius 2 is 1.93 bits per heavy atom. The van der Waals surface area contributed by atoms with Gasteiger partial charge in [-0.2, -0.15) is 0 Å². The topological polar surface area (TPSA) is 71.3 Å². The molecule has 1 saturated heterocycles. The summed E-state index contributed by atoms with van der Waals surface area (Å²) < 4.78 is 2.18. The van der Waals surface area contributed by atoms with Gasteiger partial charge in [-0.15, -0.1) is 0 Å². The maximum absolute atomic E-state index is 13.1. The second-order valence-corrected chi connectivity index (χ2v) is 9.20. The fraction of sp³-hybridized carbons (Fsp3) is 0.636.